The number of para-hydroxylation sites is 1. The molecule has 0 aliphatic heterocycles. The highest BCUT2D eigenvalue weighted by molar-refractivity contribution is 5.76. The summed E-state index contributed by atoms with van der Waals surface area (Å²) in [5.41, 5.74) is 2.15. The third-order valence-corrected chi connectivity index (χ3v) is 5.23. The van der Waals surface area contributed by atoms with Crippen LogP contribution in [0.5, 0.6) is 0 Å². The van der Waals surface area contributed by atoms with Crippen molar-refractivity contribution in [2.45, 2.75) is 64.3 Å². The maximum atomic E-state index is 12.3. The van der Waals surface area contributed by atoms with Gasteiger partial charge in [-0.3, -0.25) is 4.79 Å². The van der Waals surface area contributed by atoms with Crippen LogP contribution in [0.1, 0.15) is 57.4 Å². The predicted octanol–water partition coefficient (Wildman–Crippen LogP) is 4.28. The van der Waals surface area contributed by atoms with E-state index < -0.39 is 0 Å². The summed E-state index contributed by atoms with van der Waals surface area (Å²) in [7, 11) is 0. The molecule has 3 rings (SSSR count). The number of aromatic nitrogens is 2. The number of rotatable bonds is 8. The van der Waals surface area contributed by atoms with E-state index in [0.29, 0.717) is 18.4 Å². The Kier molecular flexibility index (Phi) is 6.26. The third-order valence-electron chi connectivity index (χ3n) is 5.23. The van der Waals surface area contributed by atoms with Crippen LogP contribution in [0.4, 0.5) is 0 Å². The number of amides is 1. The molecule has 1 amide bonds. The highest BCUT2D eigenvalue weighted by atomic mass is 16.1. The van der Waals surface area contributed by atoms with E-state index in [9.17, 15) is 4.79 Å². The molecular weight excluding hydrogens is 310 g/mol. The van der Waals surface area contributed by atoms with Crippen LogP contribution in [-0.2, 0) is 11.2 Å². The third kappa shape index (κ3) is 4.94. The molecule has 1 aromatic carbocycles. The Hall–Kier alpha value is -2.10. The molecule has 1 fully saturated rings. The largest absolute Gasteiger partial charge is 0.353 e. The summed E-state index contributed by atoms with van der Waals surface area (Å²) >= 11 is 0. The van der Waals surface area contributed by atoms with Crippen molar-refractivity contribution in [2.24, 2.45) is 5.92 Å². The number of nitrogens with zero attached hydrogens (tertiary/aromatic N) is 2. The molecule has 4 nitrogen and oxygen atoms in total. The van der Waals surface area contributed by atoms with Gasteiger partial charge in [-0.05, 0) is 49.3 Å². The standard InChI is InChI=1S/C21H29N3O/c1-2-3-8-18-9-7-12-20(18)23-21(25)14-13-17-15-22-24(16-17)19-10-5-4-6-11-19/h4-6,10-11,15-16,18,20H,2-3,7-9,12-14H2,1H3,(H,23,25). The van der Waals surface area contributed by atoms with Crippen molar-refractivity contribution < 1.29 is 4.79 Å². The normalized spacial score (nSPS) is 19.9. The monoisotopic (exact) mass is 339 g/mol. The lowest BCUT2D eigenvalue weighted by atomic mass is 9.96. The maximum Gasteiger partial charge on any atom is 0.220 e. The summed E-state index contributed by atoms with van der Waals surface area (Å²) in [6.07, 6.45) is 12.6. The first-order valence-electron chi connectivity index (χ1n) is 9.64. The van der Waals surface area contributed by atoms with E-state index >= 15 is 0 Å². The lowest BCUT2D eigenvalue weighted by molar-refractivity contribution is -0.122. The van der Waals surface area contributed by atoms with Crippen molar-refractivity contribution >= 4 is 5.91 Å². The number of aryl methyl sites for hydroxylation is 1. The number of benzene rings is 1. The minimum absolute atomic E-state index is 0.181. The Morgan fingerprint density at radius 2 is 2.12 bits per heavy atom. The summed E-state index contributed by atoms with van der Waals surface area (Å²) in [6.45, 7) is 2.23. The van der Waals surface area contributed by atoms with Crippen LogP contribution < -0.4 is 5.32 Å². The Morgan fingerprint density at radius 1 is 1.28 bits per heavy atom. The molecule has 2 atom stereocenters. The van der Waals surface area contributed by atoms with Gasteiger partial charge in [0.05, 0.1) is 11.9 Å². The van der Waals surface area contributed by atoms with Crippen molar-refractivity contribution in [1.82, 2.24) is 15.1 Å². The Labute approximate surface area is 150 Å². The first kappa shape index (κ1) is 17.7. The summed E-state index contributed by atoms with van der Waals surface area (Å²) < 4.78 is 1.87. The number of hydrogen-bond donors (Lipinski definition) is 1. The van der Waals surface area contributed by atoms with Crippen LogP contribution >= 0.6 is 0 Å². The molecule has 0 spiro atoms. The molecule has 2 unspecified atom stereocenters. The Bertz CT molecular complexity index is 665. The van der Waals surface area contributed by atoms with Crippen LogP contribution in [0.25, 0.3) is 5.69 Å². The summed E-state index contributed by atoms with van der Waals surface area (Å²) in [4.78, 5) is 12.3. The molecule has 0 saturated heterocycles. The molecule has 0 bridgehead atoms. The Morgan fingerprint density at radius 3 is 2.92 bits per heavy atom. The molecule has 4 heteroatoms. The minimum atomic E-state index is 0.181. The second kappa shape index (κ2) is 8.84. The van der Waals surface area contributed by atoms with Gasteiger partial charge in [0.1, 0.15) is 0 Å². The molecule has 1 heterocycles. The lowest BCUT2D eigenvalue weighted by Crippen LogP contribution is -2.37. The van der Waals surface area contributed by atoms with E-state index in [4.69, 9.17) is 0 Å². The molecule has 1 N–H and O–H groups in total. The van der Waals surface area contributed by atoms with Crippen molar-refractivity contribution in [1.29, 1.82) is 0 Å². The average molecular weight is 339 g/mol. The summed E-state index contributed by atoms with van der Waals surface area (Å²) in [5, 5.41) is 7.68. The highest BCUT2D eigenvalue weighted by Gasteiger charge is 2.27. The van der Waals surface area contributed by atoms with Crippen LogP contribution in [0, 0.1) is 5.92 Å². The van der Waals surface area contributed by atoms with Gasteiger partial charge in [-0.1, -0.05) is 44.4 Å². The number of carbonyl (C=O) groups excluding carboxylic acids is 1. The highest BCUT2D eigenvalue weighted by Crippen LogP contribution is 2.29. The van der Waals surface area contributed by atoms with Gasteiger partial charge in [-0.25, -0.2) is 4.68 Å². The molecule has 25 heavy (non-hydrogen) atoms. The lowest BCUT2D eigenvalue weighted by Gasteiger charge is -2.20. The number of hydrogen-bond acceptors (Lipinski definition) is 2. The van der Waals surface area contributed by atoms with Crippen molar-refractivity contribution in [3.8, 4) is 5.69 Å². The quantitative estimate of drug-likeness (QED) is 0.780. The fraction of sp³-hybridized carbons (Fsp3) is 0.524. The van der Waals surface area contributed by atoms with E-state index in [1.165, 1.54) is 32.1 Å². The minimum Gasteiger partial charge on any atom is -0.353 e. The van der Waals surface area contributed by atoms with Gasteiger partial charge in [0.15, 0.2) is 0 Å². The van der Waals surface area contributed by atoms with Crippen molar-refractivity contribution in [2.75, 3.05) is 0 Å². The topological polar surface area (TPSA) is 46.9 Å². The zero-order valence-corrected chi connectivity index (χ0v) is 15.2. The number of nitrogens with one attached hydrogen (secondary N) is 1. The first-order chi connectivity index (χ1) is 12.3. The summed E-state index contributed by atoms with van der Waals surface area (Å²) in [5.74, 6) is 0.866. The average Bonchev–Trinajstić information content (AvgIpc) is 3.28. The van der Waals surface area contributed by atoms with E-state index in [2.05, 4.69) is 17.3 Å². The maximum absolute atomic E-state index is 12.3. The fourth-order valence-electron chi connectivity index (χ4n) is 3.79. The molecular formula is C21H29N3O. The smallest absolute Gasteiger partial charge is 0.220 e. The van der Waals surface area contributed by atoms with Gasteiger partial charge >= 0.3 is 0 Å². The second-order valence-corrected chi connectivity index (χ2v) is 7.14. The van der Waals surface area contributed by atoms with Crippen LogP contribution in [-0.4, -0.2) is 21.7 Å². The second-order valence-electron chi connectivity index (χ2n) is 7.14. The van der Waals surface area contributed by atoms with Crippen molar-refractivity contribution in [3.05, 3.63) is 48.3 Å². The molecule has 1 saturated carbocycles. The zero-order valence-electron chi connectivity index (χ0n) is 15.2. The Balaban J connectivity index is 1.47. The summed E-state index contributed by atoms with van der Waals surface area (Å²) in [6, 6.07) is 10.4. The van der Waals surface area contributed by atoms with Gasteiger partial charge in [0.25, 0.3) is 0 Å². The molecule has 1 aliphatic carbocycles. The van der Waals surface area contributed by atoms with Gasteiger partial charge in [0.2, 0.25) is 5.91 Å². The molecule has 2 aromatic rings. The predicted molar refractivity (Wildman–Crippen MR) is 101 cm³/mol. The van der Waals surface area contributed by atoms with E-state index in [0.717, 1.165) is 24.1 Å². The molecule has 0 radical (unpaired) electrons. The van der Waals surface area contributed by atoms with Gasteiger partial charge in [-0.2, -0.15) is 5.10 Å². The van der Waals surface area contributed by atoms with Crippen molar-refractivity contribution in [3.63, 3.8) is 0 Å². The first-order valence-corrected chi connectivity index (χ1v) is 9.64. The van der Waals surface area contributed by atoms with Crippen LogP contribution in [0.3, 0.4) is 0 Å². The van der Waals surface area contributed by atoms with E-state index in [1.54, 1.807) is 0 Å². The molecule has 1 aliphatic rings. The van der Waals surface area contributed by atoms with Crippen LogP contribution in [0.15, 0.2) is 42.7 Å². The van der Waals surface area contributed by atoms with E-state index in [-0.39, 0.29) is 5.91 Å². The van der Waals surface area contributed by atoms with Gasteiger partial charge in [0, 0.05) is 18.7 Å². The number of unbranched alkanes of at least 4 members (excludes halogenated alkanes) is 1. The SMILES string of the molecule is CCCCC1CCCC1NC(=O)CCc1cnn(-c2ccccc2)c1. The molecule has 1 aromatic heterocycles. The van der Waals surface area contributed by atoms with E-state index in [1.807, 2.05) is 47.4 Å². The molecule has 134 valence electrons. The zero-order chi connectivity index (χ0) is 17.5. The number of carbonyl (C=O) groups is 1. The fourth-order valence-corrected chi connectivity index (χ4v) is 3.79. The van der Waals surface area contributed by atoms with Crippen LogP contribution in [0.2, 0.25) is 0 Å². The van der Waals surface area contributed by atoms with Gasteiger partial charge < -0.3 is 5.32 Å². The van der Waals surface area contributed by atoms with Gasteiger partial charge in [-0.15, -0.1) is 0 Å².